The van der Waals surface area contributed by atoms with Gasteiger partial charge in [0.2, 0.25) is 10.0 Å². The van der Waals surface area contributed by atoms with E-state index in [0.29, 0.717) is 13.1 Å². The third-order valence-corrected chi connectivity index (χ3v) is 4.76. The number of benzene rings is 1. The molecule has 114 valence electrons. The number of nitrogens with zero attached hydrogens (tertiary/aromatic N) is 2. The Bertz CT molecular complexity index is 655. The van der Waals surface area contributed by atoms with Gasteiger partial charge in [-0.2, -0.15) is 5.26 Å². The highest BCUT2D eigenvalue weighted by molar-refractivity contribution is 7.88. The lowest BCUT2D eigenvalue weighted by atomic mass is 10.0. The van der Waals surface area contributed by atoms with E-state index in [0.717, 1.165) is 18.9 Å². The van der Waals surface area contributed by atoms with Gasteiger partial charge < -0.3 is 4.74 Å². The van der Waals surface area contributed by atoms with Crippen LogP contribution < -0.4 is 4.74 Å². The van der Waals surface area contributed by atoms with E-state index in [1.807, 2.05) is 6.07 Å². The second-order valence-corrected chi connectivity index (χ2v) is 7.18. The number of halogens is 1. The van der Waals surface area contributed by atoms with Gasteiger partial charge >= 0.3 is 0 Å². The molecule has 7 heteroatoms. The Kier molecular flexibility index (Phi) is 4.80. The predicted molar refractivity (Wildman–Crippen MR) is 75.8 cm³/mol. The fourth-order valence-electron chi connectivity index (χ4n) is 2.36. The lowest BCUT2D eigenvalue weighted by Gasteiger charge is -2.30. The van der Waals surface area contributed by atoms with Crippen LogP contribution >= 0.6 is 0 Å². The third-order valence-electron chi connectivity index (χ3n) is 3.49. The van der Waals surface area contributed by atoms with Crippen molar-refractivity contribution >= 4 is 10.0 Å². The molecule has 2 rings (SSSR count). The first-order valence-electron chi connectivity index (χ1n) is 6.67. The van der Waals surface area contributed by atoms with Crippen molar-refractivity contribution in [1.82, 2.24) is 4.31 Å². The average molecular weight is 312 g/mol. The molecule has 1 aromatic carbocycles. The molecule has 0 spiro atoms. The zero-order chi connectivity index (χ0) is 15.5. The summed E-state index contributed by atoms with van der Waals surface area (Å²) in [5, 5.41) is 8.67. The van der Waals surface area contributed by atoms with Crippen LogP contribution in [0.5, 0.6) is 5.75 Å². The fraction of sp³-hybridized carbons (Fsp3) is 0.500. The summed E-state index contributed by atoms with van der Waals surface area (Å²) < 4.78 is 43.6. The van der Waals surface area contributed by atoms with Crippen LogP contribution in [0.25, 0.3) is 0 Å². The molecule has 1 aliphatic rings. The van der Waals surface area contributed by atoms with Gasteiger partial charge in [-0.05, 0) is 31.0 Å². The summed E-state index contributed by atoms with van der Waals surface area (Å²) in [6, 6.07) is 5.89. The molecule has 0 radical (unpaired) electrons. The van der Waals surface area contributed by atoms with Crippen LogP contribution in [0.2, 0.25) is 0 Å². The predicted octanol–water partition coefficient (Wildman–Crippen LogP) is 1.75. The van der Waals surface area contributed by atoms with Crippen LogP contribution in [-0.2, 0) is 10.0 Å². The minimum atomic E-state index is -3.19. The van der Waals surface area contributed by atoms with Crippen LogP contribution in [0, 0.1) is 23.1 Å². The molecule has 0 bridgehead atoms. The van der Waals surface area contributed by atoms with Crippen molar-refractivity contribution in [3.8, 4) is 11.8 Å². The first kappa shape index (κ1) is 15.7. The Labute approximate surface area is 124 Å². The number of rotatable bonds is 4. The number of ether oxygens (including phenoxy) is 1. The molecule has 0 amide bonds. The summed E-state index contributed by atoms with van der Waals surface area (Å²) in [5.74, 6) is -0.446. The molecule has 1 aromatic rings. The van der Waals surface area contributed by atoms with Crippen molar-refractivity contribution in [2.24, 2.45) is 5.92 Å². The van der Waals surface area contributed by atoms with E-state index >= 15 is 0 Å². The highest BCUT2D eigenvalue weighted by atomic mass is 32.2. The van der Waals surface area contributed by atoms with Gasteiger partial charge in [-0.15, -0.1) is 0 Å². The minimum Gasteiger partial charge on any atom is -0.490 e. The van der Waals surface area contributed by atoms with E-state index in [1.165, 1.54) is 22.7 Å². The lowest BCUT2D eigenvalue weighted by Crippen LogP contribution is -2.40. The molecular weight excluding hydrogens is 295 g/mol. The van der Waals surface area contributed by atoms with Crippen molar-refractivity contribution in [2.45, 2.75) is 12.8 Å². The summed E-state index contributed by atoms with van der Waals surface area (Å²) in [4.78, 5) is 0. The molecule has 0 saturated carbocycles. The van der Waals surface area contributed by atoms with E-state index in [-0.39, 0.29) is 23.8 Å². The van der Waals surface area contributed by atoms with Gasteiger partial charge in [0.05, 0.1) is 24.5 Å². The first-order valence-corrected chi connectivity index (χ1v) is 8.52. The quantitative estimate of drug-likeness (QED) is 0.849. The SMILES string of the molecule is CS(=O)(=O)N1CCCC(COc2ccc(C#N)cc2F)C1. The van der Waals surface area contributed by atoms with Crippen molar-refractivity contribution in [3.05, 3.63) is 29.6 Å². The topological polar surface area (TPSA) is 70.4 Å². The number of hydrogen-bond acceptors (Lipinski definition) is 4. The number of nitriles is 1. The van der Waals surface area contributed by atoms with Crippen LogP contribution in [0.3, 0.4) is 0 Å². The maximum atomic E-state index is 13.7. The summed E-state index contributed by atoms with van der Waals surface area (Å²) in [5.41, 5.74) is 0.237. The standard InChI is InChI=1S/C14H17FN2O3S/c1-21(18,19)17-6-2-3-12(9-17)10-20-14-5-4-11(8-16)7-13(14)15/h4-5,7,12H,2-3,6,9-10H2,1H3. The van der Waals surface area contributed by atoms with Gasteiger partial charge in [0.15, 0.2) is 11.6 Å². The number of piperidine rings is 1. The van der Waals surface area contributed by atoms with Gasteiger partial charge in [-0.25, -0.2) is 17.1 Å². The Hall–Kier alpha value is -1.65. The Morgan fingerprint density at radius 1 is 1.52 bits per heavy atom. The van der Waals surface area contributed by atoms with Crippen LogP contribution in [-0.4, -0.2) is 38.7 Å². The fourth-order valence-corrected chi connectivity index (χ4v) is 3.30. The van der Waals surface area contributed by atoms with E-state index in [2.05, 4.69) is 0 Å². The summed E-state index contributed by atoms with van der Waals surface area (Å²) in [7, 11) is -3.19. The van der Waals surface area contributed by atoms with Gasteiger partial charge in [-0.3, -0.25) is 0 Å². The van der Waals surface area contributed by atoms with Gasteiger partial charge in [0.1, 0.15) is 0 Å². The Balaban J connectivity index is 1.96. The monoisotopic (exact) mass is 312 g/mol. The zero-order valence-corrected chi connectivity index (χ0v) is 12.6. The van der Waals surface area contributed by atoms with Crippen molar-refractivity contribution in [1.29, 1.82) is 5.26 Å². The van der Waals surface area contributed by atoms with Crippen LogP contribution in [0.15, 0.2) is 18.2 Å². The molecule has 1 unspecified atom stereocenters. The van der Waals surface area contributed by atoms with E-state index < -0.39 is 15.8 Å². The lowest BCUT2D eigenvalue weighted by molar-refractivity contribution is 0.176. The molecule has 1 saturated heterocycles. The molecule has 1 fully saturated rings. The van der Waals surface area contributed by atoms with Gasteiger partial charge in [-0.1, -0.05) is 0 Å². The number of hydrogen-bond donors (Lipinski definition) is 0. The maximum Gasteiger partial charge on any atom is 0.211 e. The smallest absolute Gasteiger partial charge is 0.211 e. The highest BCUT2D eigenvalue weighted by Crippen LogP contribution is 2.22. The molecule has 1 aliphatic heterocycles. The van der Waals surface area contributed by atoms with Crippen molar-refractivity contribution < 1.29 is 17.5 Å². The molecule has 1 heterocycles. The highest BCUT2D eigenvalue weighted by Gasteiger charge is 2.26. The van der Waals surface area contributed by atoms with Gasteiger partial charge in [0, 0.05) is 19.0 Å². The minimum absolute atomic E-state index is 0.0449. The van der Waals surface area contributed by atoms with Crippen molar-refractivity contribution in [3.63, 3.8) is 0 Å². The van der Waals surface area contributed by atoms with Crippen molar-refractivity contribution in [2.75, 3.05) is 26.0 Å². The summed E-state index contributed by atoms with van der Waals surface area (Å²) in [6.07, 6.45) is 2.82. The molecule has 1 atom stereocenters. The van der Waals surface area contributed by atoms with Gasteiger partial charge in [0.25, 0.3) is 0 Å². The number of sulfonamides is 1. The molecule has 0 aliphatic carbocycles. The zero-order valence-electron chi connectivity index (χ0n) is 11.8. The van der Waals surface area contributed by atoms with E-state index in [1.54, 1.807) is 0 Å². The molecule has 0 aromatic heterocycles. The molecule has 0 N–H and O–H groups in total. The second kappa shape index (κ2) is 6.41. The van der Waals surface area contributed by atoms with E-state index in [4.69, 9.17) is 10.00 Å². The first-order chi connectivity index (χ1) is 9.90. The largest absolute Gasteiger partial charge is 0.490 e. The summed E-state index contributed by atoms with van der Waals surface area (Å²) in [6.45, 7) is 1.19. The summed E-state index contributed by atoms with van der Waals surface area (Å²) >= 11 is 0. The normalized spacial score (nSPS) is 20.0. The van der Waals surface area contributed by atoms with Crippen LogP contribution in [0.4, 0.5) is 4.39 Å². The Morgan fingerprint density at radius 2 is 2.29 bits per heavy atom. The van der Waals surface area contributed by atoms with E-state index in [9.17, 15) is 12.8 Å². The van der Waals surface area contributed by atoms with Crippen LogP contribution in [0.1, 0.15) is 18.4 Å². The Morgan fingerprint density at radius 3 is 2.90 bits per heavy atom. The second-order valence-electron chi connectivity index (χ2n) is 5.20. The molecule has 5 nitrogen and oxygen atoms in total. The maximum absolute atomic E-state index is 13.7. The molecule has 21 heavy (non-hydrogen) atoms. The molecular formula is C14H17FN2O3S. The average Bonchev–Trinajstić information content (AvgIpc) is 2.45. The third kappa shape index (κ3) is 4.16.